The number of likely N-dealkylation sites (tertiary alicyclic amines) is 1. The molecule has 2 heterocycles. The summed E-state index contributed by atoms with van der Waals surface area (Å²) in [5.41, 5.74) is 2.57. The van der Waals surface area contributed by atoms with E-state index in [1.807, 2.05) is 4.90 Å². The van der Waals surface area contributed by atoms with Gasteiger partial charge in [-0.2, -0.15) is 0 Å². The average Bonchev–Trinajstić information content (AvgIpc) is 3.17. The molecule has 21 heavy (non-hydrogen) atoms. The Balaban J connectivity index is 1.47. The Morgan fingerprint density at radius 3 is 3.00 bits per heavy atom. The molecule has 0 spiro atoms. The fourth-order valence-electron chi connectivity index (χ4n) is 3.11. The van der Waals surface area contributed by atoms with Crippen molar-refractivity contribution in [1.82, 2.24) is 10.2 Å². The summed E-state index contributed by atoms with van der Waals surface area (Å²) >= 11 is 0. The minimum absolute atomic E-state index is 0.266. The molecular weight excluding hydrogens is 264 g/mol. The van der Waals surface area contributed by atoms with Crippen LogP contribution in [0.3, 0.4) is 0 Å². The van der Waals surface area contributed by atoms with Gasteiger partial charge < -0.3 is 15.0 Å². The number of hydrogen-bond donors (Lipinski definition) is 1. The molecule has 1 amide bonds. The van der Waals surface area contributed by atoms with E-state index in [0.717, 1.165) is 51.3 Å². The van der Waals surface area contributed by atoms with Crippen molar-refractivity contribution in [1.29, 1.82) is 0 Å². The maximum atomic E-state index is 12.0. The van der Waals surface area contributed by atoms with E-state index in [2.05, 4.69) is 30.4 Å². The van der Waals surface area contributed by atoms with Crippen LogP contribution in [0.4, 0.5) is 0 Å². The van der Waals surface area contributed by atoms with E-state index >= 15 is 0 Å². The average molecular weight is 288 g/mol. The number of carbonyl (C=O) groups excluding carboxylic acids is 1. The molecule has 0 saturated carbocycles. The molecule has 3 rings (SSSR count). The number of ether oxygens (including phenoxy) is 1. The molecule has 1 aromatic carbocycles. The quantitative estimate of drug-likeness (QED) is 0.904. The normalized spacial score (nSPS) is 18.4. The summed E-state index contributed by atoms with van der Waals surface area (Å²) in [6.07, 6.45) is 3.92. The molecule has 114 valence electrons. The van der Waals surface area contributed by atoms with Gasteiger partial charge in [-0.15, -0.1) is 0 Å². The Hall–Kier alpha value is -1.55. The second-order valence-corrected chi connectivity index (χ2v) is 5.98. The molecule has 1 saturated heterocycles. The van der Waals surface area contributed by atoms with Crippen LogP contribution in [0.15, 0.2) is 18.2 Å². The first-order valence-electron chi connectivity index (χ1n) is 8.01. The largest absolute Gasteiger partial charge is 0.493 e. The number of hydrogen-bond acceptors (Lipinski definition) is 3. The SMILES string of the molecule is CC(NCCC(=O)N1CCCC1)c1ccc2c(c1)CCO2. The van der Waals surface area contributed by atoms with Crippen LogP contribution < -0.4 is 10.1 Å². The van der Waals surface area contributed by atoms with E-state index in [1.54, 1.807) is 0 Å². The highest BCUT2D eigenvalue weighted by molar-refractivity contribution is 5.76. The number of nitrogens with zero attached hydrogens (tertiary/aromatic N) is 1. The lowest BCUT2D eigenvalue weighted by molar-refractivity contribution is -0.130. The van der Waals surface area contributed by atoms with Gasteiger partial charge in [0.15, 0.2) is 0 Å². The van der Waals surface area contributed by atoms with Gasteiger partial charge in [0.05, 0.1) is 6.61 Å². The molecule has 2 aliphatic heterocycles. The van der Waals surface area contributed by atoms with Crippen LogP contribution in [0.1, 0.15) is 43.4 Å². The first-order valence-corrected chi connectivity index (χ1v) is 8.01. The van der Waals surface area contributed by atoms with Crippen molar-refractivity contribution < 1.29 is 9.53 Å². The van der Waals surface area contributed by atoms with Crippen molar-refractivity contribution in [2.24, 2.45) is 0 Å². The van der Waals surface area contributed by atoms with Crippen LogP contribution in [0, 0.1) is 0 Å². The second-order valence-electron chi connectivity index (χ2n) is 5.98. The molecule has 1 aromatic rings. The zero-order valence-corrected chi connectivity index (χ0v) is 12.7. The highest BCUT2D eigenvalue weighted by atomic mass is 16.5. The Kier molecular flexibility index (Phi) is 4.44. The fraction of sp³-hybridized carbons (Fsp3) is 0.588. The van der Waals surface area contributed by atoms with Gasteiger partial charge in [0.2, 0.25) is 5.91 Å². The van der Waals surface area contributed by atoms with Crippen molar-refractivity contribution in [3.8, 4) is 5.75 Å². The van der Waals surface area contributed by atoms with Crippen LogP contribution in [0.2, 0.25) is 0 Å². The van der Waals surface area contributed by atoms with Crippen LogP contribution in [0.25, 0.3) is 0 Å². The number of fused-ring (bicyclic) bond motifs is 1. The third kappa shape index (κ3) is 3.38. The molecule has 0 aromatic heterocycles. The zero-order chi connectivity index (χ0) is 14.7. The van der Waals surface area contributed by atoms with Crippen molar-refractivity contribution in [2.45, 2.75) is 38.6 Å². The first-order chi connectivity index (χ1) is 10.2. The van der Waals surface area contributed by atoms with Crippen LogP contribution in [-0.2, 0) is 11.2 Å². The Morgan fingerprint density at radius 2 is 2.19 bits per heavy atom. The fourth-order valence-corrected chi connectivity index (χ4v) is 3.11. The summed E-state index contributed by atoms with van der Waals surface area (Å²) in [6.45, 7) is 5.57. The number of nitrogens with one attached hydrogen (secondary N) is 1. The molecule has 0 aliphatic carbocycles. The second kappa shape index (κ2) is 6.48. The summed E-state index contributed by atoms with van der Waals surface area (Å²) in [7, 11) is 0. The van der Waals surface area contributed by atoms with Crippen molar-refractivity contribution in [3.63, 3.8) is 0 Å². The van der Waals surface area contributed by atoms with Crippen molar-refractivity contribution >= 4 is 5.91 Å². The predicted molar refractivity (Wildman–Crippen MR) is 82.5 cm³/mol. The lowest BCUT2D eigenvalue weighted by atomic mass is 10.0. The van der Waals surface area contributed by atoms with Gasteiger partial charge in [0.25, 0.3) is 0 Å². The van der Waals surface area contributed by atoms with Gasteiger partial charge in [-0.3, -0.25) is 4.79 Å². The minimum atomic E-state index is 0.266. The molecule has 2 aliphatic rings. The van der Waals surface area contributed by atoms with E-state index in [-0.39, 0.29) is 11.9 Å². The third-order valence-corrected chi connectivity index (χ3v) is 4.46. The number of benzene rings is 1. The maximum absolute atomic E-state index is 12.0. The van der Waals surface area contributed by atoms with Gasteiger partial charge in [0, 0.05) is 38.5 Å². The summed E-state index contributed by atoms with van der Waals surface area (Å²) < 4.78 is 5.53. The summed E-state index contributed by atoms with van der Waals surface area (Å²) in [4.78, 5) is 14.0. The maximum Gasteiger partial charge on any atom is 0.223 e. The zero-order valence-electron chi connectivity index (χ0n) is 12.7. The van der Waals surface area contributed by atoms with Crippen LogP contribution in [-0.4, -0.2) is 37.0 Å². The van der Waals surface area contributed by atoms with E-state index in [9.17, 15) is 4.79 Å². The van der Waals surface area contributed by atoms with E-state index < -0.39 is 0 Å². The molecule has 4 nitrogen and oxygen atoms in total. The molecule has 1 N–H and O–H groups in total. The molecule has 1 unspecified atom stereocenters. The van der Waals surface area contributed by atoms with Gasteiger partial charge in [0.1, 0.15) is 5.75 Å². The molecule has 4 heteroatoms. The first kappa shape index (κ1) is 14.4. The Morgan fingerprint density at radius 1 is 1.38 bits per heavy atom. The van der Waals surface area contributed by atoms with Gasteiger partial charge in [-0.05, 0) is 37.0 Å². The lowest BCUT2D eigenvalue weighted by Crippen LogP contribution is -2.31. The van der Waals surface area contributed by atoms with E-state index in [1.165, 1.54) is 11.1 Å². The Bertz CT molecular complexity index is 510. The van der Waals surface area contributed by atoms with Gasteiger partial charge in [-0.1, -0.05) is 12.1 Å². The van der Waals surface area contributed by atoms with Crippen LogP contribution >= 0.6 is 0 Å². The molecular formula is C17H24N2O2. The summed E-state index contributed by atoms with van der Waals surface area (Å²) in [6, 6.07) is 6.67. The van der Waals surface area contributed by atoms with Crippen molar-refractivity contribution in [2.75, 3.05) is 26.2 Å². The molecule has 1 fully saturated rings. The summed E-state index contributed by atoms with van der Waals surface area (Å²) in [5, 5.41) is 3.46. The highest BCUT2D eigenvalue weighted by Gasteiger charge is 2.18. The molecule has 1 atom stereocenters. The number of amides is 1. The molecule has 0 bridgehead atoms. The number of rotatable bonds is 5. The number of carbonyl (C=O) groups is 1. The lowest BCUT2D eigenvalue weighted by Gasteiger charge is -2.18. The van der Waals surface area contributed by atoms with E-state index in [4.69, 9.17) is 4.74 Å². The standard InChI is InChI=1S/C17H24N2O2/c1-13(14-4-5-16-15(12-14)7-11-21-16)18-8-6-17(20)19-9-2-3-10-19/h4-5,12-13,18H,2-3,6-11H2,1H3. The molecule has 0 radical (unpaired) electrons. The monoisotopic (exact) mass is 288 g/mol. The topological polar surface area (TPSA) is 41.6 Å². The van der Waals surface area contributed by atoms with Crippen LogP contribution in [0.5, 0.6) is 5.75 Å². The predicted octanol–water partition coefficient (Wildman–Crippen LogP) is 2.28. The smallest absolute Gasteiger partial charge is 0.223 e. The van der Waals surface area contributed by atoms with Gasteiger partial charge >= 0.3 is 0 Å². The third-order valence-electron chi connectivity index (χ3n) is 4.46. The van der Waals surface area contributed by atoms with Gasteiger partial charge in [-0.25, -0.2) is 0 Å². The van der Waals surface area contributed by atoms with Crippen molar-refractivity contribution in [3.05, 3.63) is 29.3 Å². The van der Waals surface area contributed by atoms with E-state index in [0.29, 0.717) is 6.42 Å². The highest BCUT2D eigenvalue weighted by Crippen LogP contribution is 2.28. The summed E-state index contributed by atoms with van der Waals surface area (Å²) in [5.74, 6) is 1.31. The Labute approximate surface area is 126 Å². The minimum Gasteiger partial charge on any atom is -0.493 e.